The minimum atomic E-state index is -0.623. The van der Waals surface area contributed by atoms with E-state index in [1.54, 1.807) is 6.20 Å². The fourth-order valence-corrected chi connectivity index (χ4v) is 4.46. The number of hydrogen-bond donors (Lipinski definition) is 2. The average Bonchev–Trinajstić information content (AvgIpc) is 3.40. The van der Waals surface area contributed by atoms with E-state index in [9.17, 15) is 9.90 Å². The molecule has 25 heavy (non-hydrogen) atoms. The SMILES string of the molecule is CC1CCC(O)(CN[C@@H]2CC(=O)N(C3CC3)[C@H]2c2cccnc2)CC1. The minimum absolute atomic E-state index is 0.0415. The number of aliphatic hydroxyl groups is 1. The first-order valence-corrected chi connectivity index (χ1v) is 9.73. The molecule has 5 nitrogen and oxygen atoms in total. The third kappa shape index (κ3) is 3.58. The largest absolute Gasteiger partial charge is 0.389 e. The summed E-state index contributed by atoms with van der Waals surface area (Å²) in [6.07, 6.45) is 10.3. The number of carbonyl (C=O) groups is 1. The molecular formula is C20H29N3O2. The lowest BCUT2D eigenvalue weighted by atomic mass is 9.79. The molecule has 2 atom stereocenters. The fourth-order valence-electron chi connectivity index (χ4n) is 4.46. The van der Waals surface area contributed by atoms with Crippen LogP contribution in [0.15, 0.2) is 24.5 Å². The van der Waals surface area contributed by atoms with E-state index in [1.165, 1.54) is 0 Å². The van der Waals surface area contributed by atoms with Gasteiger partial charge >= 0.3 is 0 Å². The molecule has 3 fully saturated rings. The van der Waals surface area contributed by atoms with Gasteiger partial charge in [0.1, 0.15) is 0 Å². The summed E-state index contributed by atoms with van der Waals surface area (Å²) in [5.41, 5.74) is 0.476. The van der Waals surface area contributed by atoms with Gasteiger partial charge in [0.2, 0.25) is 5.91 Å². The van der Waals surface area contributed by atoms with Crippen molar-refractivity contribution in [1.82, 2.24) is 15.2 Å². The van der Waals surface area contributed by atoms with Crippen LogP contribution in [0.5, 0.6) is 0 Å². The van der Waals surface area contributed by atoms with Crippen LogP contribution < -0.4 is 5.32 Å². The van der Waals surface area contributed by atoms with E-state index >= 15 is 0 Å². The molecule has 0 radical (unpaired) electrons. The Hall–Kier alpha value is -1.46. The van der Waals surface area contributed by atoms with Crippen molar-refractivity contribution in [2.45, 2.75) is 75.6 Å². The zero-order valence-corrected chi connectivity index (χ0v) is 15.0. The van der Waals surface area contributed by atoms with E-state index in [2.05, 4.69) is 28.2 Å². The first-order chi connectivity index (χ1) is 12.1. The van der Waals surface area contributed by atoms with Crippen LogP contribution in [0.25, 0.3) is 0 Å². The highest BCUT2D eigenvalue weighted by Gasteiger charge is 2.47. The maximum absolute atomic E-state index is 12.6. The van der Waals surface area contributed by atoms with Crippen LogP contribution in [0.4, 0.5) is 0 Å². The Morgan fingerprint density at radius 2 is 2.08 bits per heavy atom. The number of nitrogens with zero attached hydrogens (tertiary/aromatic N) is 2. The summed E-state index contributed by atoms with van der Waals surface area (Å²) in [5, 5.41) is 14.4. The van der Waals surface area contributed by atoms with E-state index in [0.29, 0.717) is 24.9 Å². The second kappa shape index (κ2) is 6.69. The Bertz CT molecular complexity index is 609. The number of pyridine rings is 1. The fraction of sp³-hybridized carbons (Fsp3) is 0.700. The van der Waals surface area contributed by atoms with Crippen LogP contribution in [-0.4, -0.2) is 45.1 Å². The lowest BCUT2D eigenvalue weighted by Gasteiger charge is -2.37. The molecule has 1 saturated heterocycles. The average molecular weight is 343 g/mol. The molecule has 1 aliphatic heterocycles. The molecule has 0 bridgehead atoms. The smallest absolute Gasteiger partial charge is 0.225 e. The van der Waals surface area contributed by atoms with Gasteiger partial charge in [-0.3, -0.25) is 9.78 Å². The van der Waals surface area contributed by atoms with Gasteiger partial charge in [0.25, 0.3) is 0 Å². The predicted octanol–water partition coefficient (Wildman–Crippen LogP) is 2.42. The summed E-state index contributed by atoms with van der Waals surface area (Å²) >= 11 is 0. The molecule has 1 aromatic rings. The topological polar surface area (TPSA) is 65.5 Å². The number of nitrogens with one attached hydrogen (secondary N) is 1. The quantitative estimate of drug-likeness (QED) is 0.862. The van der Waals surface area contributed by atoms with Gasteiger partial charge in [0.15, 0.2) is 0 Å². The Morgan fingerprint density at radius 3 is 2.72 bits per heavy atom. The molecule has 5 heteroatoms. The monoisotopic (exact) mass is 343 g/mol. The normalized spacial score (nSPS) is 36.0. The third-order valence-corrected chi connectivity index (χ3v) is 6.23. The highest BCUT2D eigenvalue weighted by Crippen LogP contribution is 2.42. The number of hydrogen-bond acceptors (Lipinski definition) is 4. The van der Waals surface area contributed by atoms with Crippen molar-refractivity contribution >= 4 is 5.91 Å². The molecule has 0 spiro atoms. The molecule has 3 aliphatic rings. The van der Waals surface area contributed by atoms with E-state index in [-0.39, 0.29) is 18.0 Å². The molecule has 0 aromatic carbocycles. The molecule has 4 rings (SSSR count). The van der Waals surface area contributed by atoms with Crippen molar-refractivity contribution in [2.75, 3.05) is 6.54 Å². The third-order valence-electron chi connectivity index (χ3n) is 6.23. The number of aromatic nitrogens is 1. The van der Waals surface area contributed by atoms with E-state index in [0.717, 1.165) is 44.1 Å². The second-order valence-corrected chi connectivity index (χ2v) is 8.36. The zero-order chi connectivity index (χ0) is 17.4. The summed E-state index contributed by atoms with van der Waals surface area (Å²) < 4.78 is 0. The molecule has 2 heterocycles. The van der Waals surface area contributed by atoms with Crippen molar-refractivity contribution in [1.29, 1.82) is 0 Å². The lowest BCUT2D eigenvalue weighted by Crippen LogP contribution is -2.48. The summed E-state index contributed by atoms with van der Waals surface area (Å²) in [7, 11) is 0. The molecule has 2 N–H and O–H groups in total. The molecule has 1 aromatic heterocycles. The Balaban J connectivity index is 1.48. The summed E-state index contributed by atoms with van der Waals surface area (Å²) in [5.74, 6) is 0.944. The van der Waals surface area contributed by atoms with Crippen molar-refractivity contribution in [2.24, 2.45) is 5.92 Å². The number of rotatable bonds is 5. The standard InChI is InChI=1S/C20H29N3O2/c1-14-6-8-20(25,9-7-14)13-22-17-11-18(24)23(16-4-5-16)19(17)15-3-2-10-21-12-15/h2-3,10,12,14,16-17,19,22,25H,4-9,11,13H2,1H3/t14?,17-,19+,20?/m1/s1. The van der Waals surface area contributed by atoms with Gasteiger partial charge in [-0.05, 0) is 56.1 Å². The van der Waals surface area contributed by atoms with E-state index in [4.69, 9.17) is 0 Å². The van der Waals surface area contributed by atoms with Gasteiger partial charge < -0.3 is 15.3 Å². The van der Waals surface area contributed by atoms with Crippen molar-refractivity contribution in [3.05, 3.63) is 30.1 Å². The first kappa shape index (κ1) is 17.0. The van der Waals surface area contributed by atoms with Crippen LogP contribution in [-0.2, 0) is 4.79 Å². The van der Waals surface area contributed by atoms with Crippen LogP contribution in [0, 0.1) is 5.92 Å². The van der Waals surface area contributed by atoms with Gasteiger partial charge in [-0.1, -0.05) is 13.0 Å². The van der Waals surface area contributed by atoms with Crippen LogP contribution in [0.2, 0.25) is 0 Å². The van der Waals surface area contributed by atoms with Gasteiger partial charge in [0.05, 0.1) is 11.6 Å². The van der Waals surface area contributed by atoms with Crippen molar-refractivity contribution < 1.29 is 9.90 Å². The Kier molecular flexibility index (Phi) is 4.54. The number of amides is 1. The number of likely N-dealkylation sites (tertiary alicyclic amines) is 1. The maximum atomic E-state index is 12.6. The predicted molar refractivity (Wildman–Crippen MR) is 95.8 cm³/mol. The van der Waals surface area contributed by atoms with Gasteiger partial charge in [-0.2, -0.15) is 0 Å². The van der Waals surface area contributed by atoms with E-state index in [1.807, 2.05) is 12.3 Å². The summed E-state index contributed by atoms with van der Waals surface area (Å²) in [6.45, 7) is 2.83. The van der Waals surface area contributed by atoms with Crippen molar-refractivity contribution in [3.8, 4) is 0 Å². The Labute approximate surface area is 149 Å². The minimum Gasteiger partial charge on any atom is -0.389 e. The molecular weight excluding hydrogens is 314 g/mol. The zero-order valence-electron chi connectivity index (χ0n) is 15.0. The van der Waals surface area contributed by atoms with E-state index < -0.39 is 5.60 Å². The highest BCUT2D eigenvalue weighted by atomic mass is 16.3. The lowest BCUT2D eigenvalue weighted by molar-refractivity contribution is -0.129. The van der Waals surface area contributed by atoms with Crippen LogP contribution in [0.3, 0.4) is 0 Å². The first-order valence-electron chi connectivity index (χ1n) is 9.73. The van der Waals surface area contributed by atoms with Crippen LogP contribution in [0.1, 0.15) is 63.5 Å². The van der Waals surface area contributed by atoms with Gasteiger partial charge in [0, 0.05) is 37.4 Å². The Morgan fingerprint density at radius 1 is 1.32 bits per heavy atom. The van der Waals surface area contributed by atoms with Gasteiger partial charge in [-0.15, -0.1) is 0 Å². The van der Waals surface area contributed by atoms with Crippen LogP contribution >= 0.6 is 0 Å². The second-order valence-electron chi connectivity index (χ2n) is 8.36. The number of carbonyl (C=O) groups excluding carboxylic acids is 1. The molecule has 2 aliphatic carbocycles. The van der Waals surface area contributed by atoms with Gasteiger partial charge in [-0.25, -0.2) is 0 Å². The molecule has 136 valence electrons. The molecule has 1 amide bonds. The van der Waals surface area contributed by atoms with Crippen molar-refractivity contribution in [3.63, 3.8) is 0 Å². The highest BCUT2D eigenvalue weighted by molar-refractivity contribution is 5.81. The molecule has 0 unspecified atom stereocenters. The molecule has 2 saturated carbocycles. The maximum Gasteiger partial charge on any atom is 0.225 e. The summed E-state index contributed by atoms with van der Waals surface area (Å²) in [6, 6.07) is 4.50. The summed E-state index contributed by atoms with van der Waals surface area (Å²) in [4.78, 5) is 19.0.